The number of fused-ring (bicyclic) bond motifs is 1. The van der Waals surface area contributed by atoms with Gasteiger partial charge in [0.1, 0.15) is 0 Å². The van der Waals surface area contributed by atoms with Crippen LogP contribution in [0.4, 0.5) is 10.8 Å². The molecule has 2 amide bonds. The summed E-state index contributed by atoms with van der Waals surface area (Å²) in [5.74, 6) is -0.302. The lowest BCUT2D eigenvalue weighted by Crippen LogP contribution is -2.12. The summed E-state index contributed by atoms with van der Waals surface area (Å²) in [6.45, 7) is 5.34. The highest BCUT2D eigenvalue weighted by Crippen LogP contribution is 2.31. The minimum Gasteiger partial charge on any atom is -0.322 e. The molecule has 3 rings (SSSR count). The van der Waals surface area contributed by atoms with Crippen LogP contribution in [0.5, 0.6) is 0 Å². The predicted octanol–water partition coefficient (Wildman–Crippen LogP) is 4.12. The first kappa shape index (κ1) is 16.1. The molecule has 6 heteroatoms. The summed E-state index contributed by atoms with van der Waals surface area (Å²) < 4.78 is 0.915. The third-order valence-corrected chi connectivity index (χ3v) is 4.42. The zero-order valence-corrected chi connectivity index (χ0v) is 14.5. The number of carbonyl (C=O) groups is 2. The van der Waals surface area contributed by atoms with E-state index in [-0.39, 0.29) is 11.8 Å². The molecule has 0 saturated heterocycles. The van der Waals surface area contributed by atoms with Gasteiger partial charge < -0.3 is 10.6 Å². The highest BCUT2D eigenvalue weighted by molar-refractivity contribution is 7.22. The van der Waals surface area contributed by atoms with Gasteiger partial charge in [-0.2, -0.15) is 0 Å². The van der Waals surface area contributed by atoms with Gasteiger partial charge in [-0.15, -0.1) is 0 Å². The van der Waals surface area contributed by atoms with Gasteiger partial charge in [-0.25, -0.2) is 4.98 Å². The molecule has 0 unspecified atom stereocenters. The number of thiazole rings is 1. The quantitative estimate of drug-likeness (QED) is 0.754. The lowest BCUT2D eigenvalue weighted by Gasteiger charge is -2.07. The van der Waals surface area contributed by atoms with E-state index in [2.05, 4.69) is 15.6 Å². The minimum absolute atomic E-state index is 0.149. The van der Waals surface area contributed by atoms with Gasteiger partial charge in [0.25, 0.3) is 5.91 Å². The third kappa shape index (κ3) is 3.44. The van der Waals surface area contributed by atoms with Crippen molar-refractivity contribution in [2.45, 2.75) is 20.8 Å². The zero-order valence-electron chi connectivity index (χ0n) is 13.6. The van der Waals surface area contributed by atoms with E-state index in [9.17, 15) is 9.59 Å². The van der Waals surface area contributed by atoms with Gasteiger partial charge in [0.2, 0.25) is 5.91 Å². The maximum Gasteiger partial charge on any atom is 0.255 e. The van der Waals surface area contributed by atoms with Crippen LogP contribution < -0.4 is 10.6 Å². The summed E-state index contributed by atoms with van der Waals surface area (Å²) in [6, 6.07) is 11.2. The number of aryl methyl sites for hydroxylation is 2. The Kier molecular flexibility index (Phi) is 4.31. The fourth-order valence-corrected chi connectivity index (χ4v) is 3.49. The van der Waals surface area contributed by atoms with Gasteiger partial charge >= 0.3 is 0 Å². The largest absolute Gasteiger partial charge is 0.322 e. The fraction of sp³-hybridized carbons (Fsp3) is 0.167. The molecule has 0 saturated carbocycles. The van der Waals surface area contributed by atoms with Crippen LogP contribution in [0.1, 0.15) is 28.4 Å². The summed E-state index contributed by atoms with van der Waals surface area (Å²) in [5.41, 5.74) is 4.15. The van der Waals surface area contributed by atoms with E-state index in [4.69, 9.17) is 0 Å². The van der Waals surface area contributed by atoms with Gasteiger partial charge in [0.05, 0.1) is 10.2 Å². The molecule has 0 spiro atoms. The second kappa shape index (κ2) is 6.41. The Balaban J connectivity index is 1.89. The van der Waals surface area contributed by atoms with Crippen LogP contribution in [-0.2, 0) is 4.79 Å². The Labute approximate surface area is 143 Å². The van der Waals surface area contributed by atoms with Gasteiger partial charge in [-0.3, -0.25) is 9.59 Å². The molecule has 0 aliphatic carbocycles. The number of nitrogens with one attached hydrogen (secondary N) is 2. The Morgan fingerprint density at radius 3 is 2.58 bits per heavy atom. The number of aromatic nitrogens is 1. The first-order chi connectivity index (χ1) is 11.4. The molecular weight excluding hydrogens is 322 g/mol. The van der Waals surface area contributed by atoms with Crippen molar-refractivity contribution in [2.24, 2.45) is 0 Å². The van der Waals surface area contributed by atoms with Crippen molar-refractivity contribution in [3.8, 4) is 0 Å². The second-order valence-electron chi connectivity index (χ2n) is 5.66. The smallest absolute Gasteiger partial charge is 0.255 e. The van der Waals surface area contributed by atoms with E-state index in [1.54, 1.807) is 6.07 Å². The van der Waals surface area contributed by atoms with Crippen LogP contribution in [-0.4, -0.2) is 16.8 Å². The summed E-state index contributed by atoms with van der Waals surface area (Å²) in [4.78, 5) is 28.0. The van der Waals surface area contributed by atoms with Crippen LogP contribution in [0.3, 0.4) is 0 Å². The SMILES string of the molecule is CC(=O)Nc1nc2c(C)cc(NC(=O)c3cccc(C)c3)cc2s1. The maximum atomic E-state index is 12.4. The molecule has 0 atom stereocenters. The van der Waals surface area contributed by atoms with Crippen molar-refractivity contribution < 1.29 is 9.59 Å². The molecule has 0 bridgehead atoms. The average molecular weight is 339 g/mol. The zero-order chi connectivity index (χ0) is 17.3. The number of benzene rings is 2. The van der Waals surface area contributed by atoms with E-state index in [0.717, 1.165) is 21.3 Å². The van der Waals surface area contributed by atoms with Crippen molar-refractivity contribution in [3.05, 3.63) is 53.1 Å². The Hall–Kier alpha value is -2.73. The molecule has 0 fully saturated rings. The first-order valence-electron chi connectivity index (χ1n) is 7.49. The number of hydrogen-bond donors (Lipinski definition) is 2. The average Bonchev–Trinajstić information content (AvgIpc) is 2.89. The number of rotatable bonds is 3. The third-order valence-electron chi connectivity index (χ3n) is 3.51. The van der Waals surface area contributed by atoms with Crippen molar-refractivity contribution in [1.82, 2.24) is 4.98 Å². The first-order valence-corrected chi connectivity index (χ1v) is 8.31. The monoisotopic (exact) mass is 339 g/mol. The molecule has 5 nitrogen and oxygen atoms in total. The highest BCUT2D eigenvalue weighted by Gasteiger charge is 2.11. The summed E-state index contributed by atoms with van der Waals surface area (Å²) in [6.07, 6.45) is 0. The highest BCUT2D eigenvalue weighted by atomic mass is 32.1. The molecule has 0 aliphatic heterocycles. The van der Waals surface area contributed by atoms with Gasteiger partial charge in [-0.05, 0) is 43.7 Å². The van der Waals surface area contributed by atoms with Crippen molar-refractivity contribution in [2.75, 3.05) is 10.6 Å². The van der Waals surface area contributed by atoms with Crippen LogP contribution >= 0.6 is 11.3 Å². The van der Waals surface area contributed by atoms with Gasteiger partial charge in [0, 0.05) is 18.2 Å². The number of hydrogen-bond acceptors (Lipinski definition) is 4. The Morgan fingerprint density at radius 2 is 1.88 bits per heavy atom. The number of nitrogens with zero attached hydrogens (tertiary/aromatic N) is 1. The van der Waals surface area contributed by atoms with Crippen molar-refractivity contribution >= 4 is 44.2 Å². The molecular formula is C18H17N3O2S. The molecule has 1 aromatic heterocycles. The molecule has 1 heterocycles. The normalized spacial score (nSPS) is 10.6. The van der Waals surface area contributed by atoms with E-state index < -0.39 is 0 Å². The molecule has 2 aromatic carbocycles. The van der Waals surface area contributed by atoms with Crippen LogP contribution in [0.2, 0.25) is 0 Å². The van der Waals surface area contributed by atoms with Crippen LogP contribution in [0.25, 0.3) is 10.2 Å². The van der Waals surface area contributed by atoms with Gasteiger partial charge in [-0.1, -0.05) is 29.0 Å². The Bertz CT molecular complexity index is 947. The predicted molar refractivity (Wildman–Crippen MR) is 97.8 cm³/mol. The van der Waals surface area contributed by atoms with Crippen LogP contribution in [0.15, 0.2) is 36.4 Å². The maximum absolute atomic E-state index is 12.4. The van der Waals surface area contributed by atoms with E-state index >= 15 is 0 Å². The van der Waals surface area contributed by atoms with Gasteiger partial charge in [0.15, 0.2) is 5.13 Å². The van der Waals surface area contributed by atoms with Crippen LogP contribution in [0, 0.1) is 13.8 Å². The van der Waals surface area contributed by atoms with E-state index in [1.807, 2.05) is 44.2 Å². The molecule has 2 N–H and O–H groups in total. The van der Waals surface area contributed by atoms with E-state index in [1.165, 1.54) is 18.3 Å². The standard InChI is InChI=1S/C18H17N3O2S/c1-10-5-4-6-13(7-10)17(23)20-14-8-11(2)16-15(9-14)24-18(21-16)19-12(3)22/h4-9H,1-3H3,(H,20,23)(H,19,21,22). The molecule has 3 aromatic rings. The molecule has 122 valence electrons. The lowest BCUT2D eigenvalue weighted by atomic mass is 10.1. The Morgan fingerprint density at radius 1 is 1.08 bits per heavy atom. The topological polar surface area (TPSA) is 71.1 Å². The summed E-state index contributed by atoms with van der Waals surface area (Å²) >= 11 is 1.38. The van der Waals surface area contributed by atoms with Crippen molar-refractivity contribution in [1.29, 1.82) is 0 Å². The second-order valence-corrected chi connectivity index (χ2v) is 6.69. The number of carbonyl (C=O) groups excluding carboxylic acids is 2. The molecule has 0 aliphatic rings. The fourth-order valence-electron chi connectivity index (χ4n) is 2.46. The molecule has 0 radical (unpaired) electrons. The van der Waals surface area contributed by atoms with E-state index in [0.29, 0.717) is 16.4 Å². The summed E-state index contributed by atoms with van der Waals surface area (Å²) in [5, 5.41) is 6.17. The molecule has 24 heavy (non-hydrogen) atoms. The number of anilines is 2. The summed E-state index contributed by atoms with van der Waals surface area (Å²) in [7, 11) is 0. The minimum atomic E-state index is -0.153. The number of amides is 2. The lowest BCUT2D eigenvalue weighted by molar-refractivity contribution is -0.114. The van der Waals surface area contributed by atoms with Crippen molar-refractivity contribution in [3.63, 3.8) is 0 Å².